The Morgan fingerprint density at radius 1 is 1.20 bits per heavy atom. The van der Waals surface area contributed by atoms with E-state index in [1.807, 2.05) is 0 Å². The average Bonchev–Trinajstić information content (AvgIpc) is 2.91. The molecule has 3 aliphatic rings. The third-order valence-electron chi connectivity index (χ3n) is 5.46. The summed E-state index contributed by atoms with van der Waals surface area (Å²) in [6, 6.07) is 4.75. The lowest BCUT2D eigenvalue weighted by Gasteiger charge is -2.52. The normalized spacial score (nSPS) is 22.4. The molecule has 2 saturated heterocycles. The van der Waals surface area contributed by atoms with Crippen LogP contribution in [0.4, 0.5) is 10.5 Å². The van der Waals surface area contributed by atoms with Crippen LogP contribution in [0.3, 0.4) is 0 Å². The quantitative estimate of drug-likeness (QED) is 0.811. The van der Waals surface area contributed by atoms with Gasteiger partial charge in [0.05, 0.1) is 11.3 Å². The van der Waals surface area contributed by atoms with Crippen molar-refractivity contribution in [1.29, 1.82) is 0 Å². The molecule has 134 valence electrons. The predicted molar refractivity (Wildman–Crippen MR) is 88.8 cm³/mol. The van der Waals surface area contributed by atoms with Crippen molar-refractivity contribution in [3.63, 3.8) is 0 Å². The molecule has 2 N–H and O–H groups in total. The summed E-state index contributed by atoms with van der Waals surface area (Å²) in [5.41, 5.74) is 1.27. The van der Waals surface area contributed by atoms with Crippen LogP contribution in [0.15, 0.2) is 23.1 Å². The highest BCUT2D eigenvalue weighted by Gasteiger charge is 2.50. The maximum Gasteiger partial charge on any atom is 0.407 e. The lowest BCUT2D eigenvalue weighted by molar-refractivity contribution is -0.115. The first kappa shape index (κ1) is 16.3. The molecule has 8 nitrogen and oxygen atoms in total. The molecule has 0 aliphatic carbocycles. The summed E-state index contributed by atoms with van der Waals surface area (Å²) in [5.74, 6) is -0.127. The van der Waals surface area contributed by atoms with Gasteiger partial charge in [0, 0.05) is 37.3 Å². The Hall–Kier alpha value is -2.13. The predicted octanol–water partition coefficient (Wildman–Crippen LogP) is 0.946. The third-order valence-corrected chi connectivity index (χ3v) is 7.25. The van der Waals surface area contributed by atoms with E-state index in [1.165, 1.54) is 15.3 Å². The fraction of sp³-hybridized carbons (Fsp3) is 0.500. The van der Waals surface area contributed by atoms with E-state index in [1.54, 1.807) is 12.1 Å². The fourth-order valence-electron chi connectivity index (χ4n) is 3.86. The second-order valence-electron chi connectivity index (χ2n) is 7.09. The van der Waals surface area contributed by atoms with Crippen LogP contribution < -0.4 is 5.32 Å². The maximum absolute atomic E-state index is 12.8. The molecule has 0 aromatic heterocycles. The van der Waals surface area contributed by atoms with Crippen molar-refractivity contribution >= 4 is 27.7 Å². The number of nitrogens with one attached hydrogen (secondary N) is 1. The van der Waals surface area contributed by atoms with Gasteiger partial charge in [0.15, 0.2) is 0 Å². The minimum Gasteiger partial charge on any atom is -0.465 e. The zero-order chi connectivity index (χ0) is 17.8. The Kier molecular flexibility index (Phi) is 3.55. The number of likely N-dealkylation sites (tertiary alicyclic amines) is 1. The van der Waals surface area contributed by atoms with Crippen molar-refractivity contribution in [3.8, 4) is 0 Å². The summed E-state index contributed by atoms with van der Waals surface area (Å²) in [6.07, 6.45) is 0.735. The Morgan fingerprint density at radius 3 is 2.52 bits per heavy atom. The summed E-state index contributed by atoms with van der Waals surface area (Å²) in [6.45, 7) is 1.75. The third kappa shape index (κ3) is 2.67. The number of amides is 2. The van der Waals surface area contributed by atoms with Crippen LogP contribution >= 0.6 is 0 Å². The Bertz CT molecular complexity index is 851. The Balaban J connectivity index is 1.46. The van der Waals surface area contributed by atoms with Gasteiger partial charge in [0.1, 0.15) is 0 Å². The van der Waals surface area contributed by atoms with E-state index in [4.69, 9.17) is 5.11 Å². The van der Waals surface area contributed by atoms with E-state index in [0.717, 1.165) is 5.56 Å². The van der Waals surface area contributed by atoms with Crippen molar-refractivity contribution in [1.82, 2.24) is 9.21 Å². The largest absolute Gasteiger partial charge is 0.465 e. The zero-order valence-electron chi connectivity index (χ0n) is 13.6. The molecular formula is C16H19N3O5S. The van der Waals surface area contributed by atoms with Crippen molar-refractivity contribution in [3.05, 3.63) is 23.8 Å². The Labute approximate surface area is 145 Å². The second kappa shape index (κ2) is 5.43. The molecule has 0 saturated carbocycles. The number of carbonyl (C=O) groups is 2. The summed E-state index contributed by atoms with van der Waals surface area (Å²) in [5, 5.41) is 11.7. The minimum absolute atomic E-state index is 0.107. The molecule has 2 fully saturated rings. The number of piperidine rings is 1. The number of hydrogen-bond donors (Lipinski definition) is 2. The number of benzene rings is 1. The number of rotatable bonds is 2. The maximum atomic E-state index is 12.8. The van der Waals surface area contributed by atoms with Gasteiger partial charge in [-0.25, -0.2) is 13.2 Å². The van der Waals surface area contributed by atoms with Crippen LogP contribution in [0.25, 0.3) is 0 Å². The molecule has 0 unspecified atom stereocenters. The van der Waals surface area contributed by atoms with E-state index in [9.17, 15) is 18.0 Å². The van der Waals surface area contributed by atoms with Crippen LogP contribution in [0.2, 0.25) is 0 Å². The molecule has 1 aromatic carbocycles. The first-order chi connectivity index (χ1) is 11.8. The molecule has 3 heterocycles. The van der Waals surface area contributed by atoms with Gasteiger partial charge in [-0.05, 0) is 30.5 Å². The zero-order valence-corrected chi connectivity index (χ0v) is 14.4. The van der Waals surface area contributed by atoms with Gasteiger partial charge in [0.2, 0.25) is 15.9 Å². The van der Waals surface area contributed by atoms with Crippen LogP contribution in [0.5, 0.6) is 0 Å². The summed E-state index contributed by atoms with van der Waals surface area (Å²) in [7, 11) is -3.59. The van der Waals surface area contributed by atoms with Gasteiger partial charge in [-0.2, -0.15) is 4.31 Å². The van der Waals surface area contributed by atoms with Gasteiger partial charge >= 0.3 is 6.09 Å². The SMILES string of the molecule is O=C1Cc2ccc(S(=O)(=O)N3CC4(CCN(C(=O)O)CC4)C3)cc2N1. The van der Waals surface area contributed by atoms with E-state index < -0.39 is 16.1 Å². The lowest BCUT2D eigenvalue weighted by atomic mass is 9.73. The second-order valence-corrected chi connectivity index (χ2v) is 9.02. The van der Waals surface area contributed by atoms with Gasteiger partial charge in [0.25, 0.3) is 0 Å². The van der Waals surface area contributed by atoms with Crippen molar-refractivity contribution in [2.45, 2.75) is 24.2 Å². The van der Waals surface area contributed by atoms with Gasteiger partial charge in [-0.1, -0.05) is 6.07 Å². The van der Waals surface area contributed by atoms with Crippen molar-refractivity contribution in [2.75, 3.05) is 31.5 Å². The molecule has 4 rings (SSSR count). The minimum atomic E-state index is -3.59. The average molecular weight is 365 g/mol. The van der Waals surface area contributed by atoms with E-state index >= 15 is 0 Å². The first-order valence-electron chi connectivity index (χ1n) is 8.20. The van der Waals surface area contributed by atoms with Crippen LogP contribution in [-0.2, 0) is 21.2 Å². The number of nitrogens with zero attached hydrogens (tertiary/aromatic N) is 2. The topological polar surface area (TPSA) is 107 Å². The first-order valence-corrected chi connectivity index (χ1v) is 9.64. The van der Waals surface area contributed by atoms with E-state index in [2.05, 4.69) is 5.32 Å². The number of hydrogen-bond acceptors (Lipinski definition) is 4. The van der Waals surface area contributed by atoms with Gasteiger partial charge in [-0.3, -0.25) is 4.79 Å². The molecule has 2 amide bonds. The standard InChI is InChI=1S/C16H19N3O5S/c20-14-7-11-1-2-12(8-13(11)17-14)25(23,24)19-9-16(10-19)3-5-18(6-4-16)15(21)22/h1-2,8H,3-7,9-10H2,(H,17,20)(H,21,22). The monoisotopic (exact) mass is 365 g/mol. The Morgan fingerprint density at radius 2 is 1.88 bits per heavy atom. The number of sulfonamides is 1. The smallest absolute Gasteiger partial charge is 0.407 e. The van der Waals surface area contributed by atoms with E-state index in [-0.39, 0.29) is 22.6 Å². The summed E-state index contributed by atoms with van der Waals surface area (Å²) < 4.78 is 27.1. The molecule has 0 atom stereocenters. The highest BCUT2D eigenvalue weighted by Crippen LogP contribution is 2.43. The molecule has 1 aromatic rings. The van der Waals surface area contributed by atoms with Gasteiger partial charge < -0.3 is 15.3 Å². The molecule has 9 heteroatoms. The van der Waals surface area contributed by atoms with Gasteiger partial charge in [-0.15, -0.1) is 0 Å². The summed E-state index contributed by atoms with van der Waals surface area (Å²) in [4.78, 5) is 24.0. The van der Waals surface area contributed by atoms with Crippen LogP contribution in [0.1, 0.15) is 18.4 Å². The highest BCUT2D eigenvalue weighted by atomic mass is 32.2. The number of carboxylic acid groups (broad SMARTS) is 1. The molecule has 0 radical (unpaired) electrons. The number of anilines is 1. The molecule has 3 aliphatic heterocycles. The van der Waals surface area contributed by atoms with E-state index in [0.29, 0.717) is 44.7 Å². The van der Waals surface area contributed by atoms with Crippen molar-refractivity contribution in [2.24, 2.45) is 5.41 Å². The molecule has 25 heavy (non-hydrogen) atoms. The van der Waals surface area contributed by atoms with Crippen molar-refractivity contribution < 1.29 is 23.1 Å². The summed E-state index contributed by atoms with van der Waals surface area (Å²) >= 11 is 0. The number of carbonyl (C=O) groups excluding carboxylic acids is 1. The highest BCUT2D eigenvalue weighted by molar-refractivity contribution is 7.89. The molecular weight excluding hydrogens is 346 g/mol. The number of fused-ring (bicyclic) bond motifs is 1. The molecule has 1 spiro atoms. The lowest BCUT2D eigenvalue weighted by Crippen LogP contribution is -2.62. The molecule has 0 bridgehead atoms. The van der Waals surface area contributed by atoms with Crippen LogP contribution in [-0.4, -0.2) is 60.9 Å². The van der Waals surface area contributed by atoms with Crippen LogP contribution in [0, 0.1) is 5.41 Å². The fourth-order valence-corrected chi connectivity index (χ4v) is 5.56.